The van der Waals surface area contributed by atoms with Gasteiger partial charge in [0.05, 0.1) is 0 Å². The Morgan fingerprint density at radius 3 is 2.53 bits per heavy atom. The van der Waals surface area contributed by atoms with Crippen LogP contribution in [0.1, 0.15) is 53.9 Å². The summed E-state index contributed by atoms with van der Waals surface area (Å²) in [5.41, 5.74) is 0.328. The van der Waals surface area contributed by atoms with Crippen LogP contribution >= 0.6 is 11.8 Å². The van der Waals surface area contributed by atoms with Crippen LogP contribution in [0.2, 0.25) is 0 Å². The van der Waals surface area contributed by atoms with Gasteiger partial charge in [0.1, 0.15) is 0 Å². The van der Waals surface area contributed by atoms with Crippen LogP contribution in [0, 0.1) is 5.41 Å². The maximum atomic E-state index is 4.40. The zero-order chi connectivity index (χ0) is 11.5. The predicted octanol–water partition coefficient (Wildman–Crippen LogP) is 4.64. The minimum Gasteiger partial charge on any atom is -0.267 e. The summed E-state index contributed by atoms with van der Waals surface area (Å²) < 4.78 is 0.161. The van der Waals surface area contributed by atoms with E-state index >= 15 is 0 Å². The highest BCUT2D eigenvalue weighted by atomic mass is 32.2. The standard InChI is InChI=1S/C13H23NS/c1-6-8-13(5,7-2)11-9-14-10-12(3,4)15-11/h9-10H,6-8H2,1-5H3. The third-order valence-corrected chi connectivity index (χ3v) is 4.58. The highest BCUT2D eigenvalue weighted by molar-refractivity contribution is 8.05. The lowest BCUT2D eigenvalue weighted by Gasteiger charge is -2.35. The Labute approximate surface area is 98.4 Å². The molecule has 0 saturated heterocycles. The molecule has 0 aliphatic carbocycles. The van der Waals surface area contributed by atoms with Crippen molar-refractivity contribution in [2.24, 2.45) is 10.4 Å². The zero-order valence-corrected chi connectivity index (χ0v) is 11.4. The molecule has 0 bridgehead atoms. The lowest BCUT2D eigenvalue weighted by atomic mass is 9.82. The molecule has 0 spiro atoms. The minimum absolute atomic E-state index is 0.161. The van der Waals surface area contributed by atoms with Gasteiger partial charge in [-0.15, -0.1) is 11.8 Å². The van der Waals surface area contributed by atoms with Crippen molar-refractivity contribution in [2.75, 3.05) is 0 Å². The fraction of sp³-hybridized carbons (Fsp3) is 0.769. The summed E-state index contributed by atoms with van der Waals surface area (Å²) in [4.78, 5) is 5.86. The molecular formula is C13H23NS. The van der Waals surface area contributed by atoms with Gasteiger partial charge >= 0.3 is 0 Å². The van der Waals surface area contributed by atoms with Gasteiger partial charge in [0.2, 0.25) is 0 Å². The second kappa shape index (κ2) is 4.73. The number of nitrogens with zero attached hydrogens (tertiary/aromatic N) is 1. The topological polar surface area (TPSA) is 12.4 Å². The second-order valence-corrected chi connectivity index (χ2v) is 6.84. The van der Waals surface area contributed by atoms with Crippen molar-refractivity contribution < 1.29 is 0 Å². The Morgan fingerprint density at radius 2 is 2.07 bits per heavy atom. The second-order valence-electron chi connectivity index (χ2n) is 5.14. The minimum atomic E-state index is 0.161. The zero-order valence-electron chi connectivity index (χ0n) is 10.6. The Balaban J connectivity index is 2.87. The van der Waals surface area contributed by atoms with E-state index in [-0.39, 0.29) is 4.75 Å². The SMILES string of the molecule is CCCC(C)(CC)C1=CN=CC(C)(C)S1. The van der Waals surface area contributed by atoms with Crippen LogP contribution in [0.4, 0.5) is 0 Å². The fourth-order valence-electron chi connectivity index (χ4n) is 1.93. The first-order valence-electron chi connectivity index (χ1n) is 5.87. The van der Waals surface area contributed by atoms with Gasteiger partial charge in [-0.3, -0.25) is 4.99 Å². The maximum Gasteiger partial charge on any atom is 0.0499 e. The first kappa shape index (κ1) is 12.8. The molecule has 1 nitrogen and oxygen atoms in total. The molecule has 86 valence electrons. The van der Waals surface area contributed by atoms with Crippen LogP contribution in [0.5, 0.6) is 0 Å². The van der Waals surface area contributed by atoms with E-state index in [0.29, 0.717) is 5.41 Å². The van der Waals surface area contributed by atoms with Crippen molar-refractivity contribution in [3.63, 3.8) is 0 Å². The number of rotatable bonds is 4. The first-order valence-corrected chi connectivity index (χ1v) is 6.69. The smallest absolute Gasteiger partial charge is 0.0499 e. The molecule has 1 heterocycles. The molecule has 0 N–H and O–H groups in total. The summed E-state index contributed by atoms with van der Waals surface area (Å²) >= 11 is 1.97. The van der Waals surface area contributed by atoms with Crippen molar-refractivity contribution in [1.82, 2.24) is 0 Å². The number of hydrogen-bond acceptors (Lipinski definition) is 2. The molecule has 1 aliphatic rings. The van der Waals surface area contributed by atoms with Gasteiger partial charge in [0.15, 0.2) is 0 Å². The van der Waals surface area contributed by atoms with Gasteiger partial charge in [0.25, 0.3) is 0 Å². The molecule has 1 unspecified atom stereocenters. The van der Waals surface area contributed by atoms with Crippen LogP contribution in [0.3, 0.4) is 0 Å². The quantitative estimate of drug-likeness (QED) is 0.679. The number of hydrogen-bond donors (Lipinski definition) is 0. The van der Waals surface area contributed by atoms with E-state index in [1.165, 1.54) is 24.2 Å². The van der Waals surface area contributed by atoms with E-state index in [0.717, 1.165) is 0 Å². The van der Waals surface area contributed by atoms with Crippen LogP contribution in [-0.2, 0) is 0 Å². The van der Waals surface area contributed by atoms with Gasteiger partial charge in [-0.25, -0.2) is 0 Å². The van der Waals surface area contributed by atoms with E-state index < -0.39 is 0 Å². The lowest BCUT2D eigenvalue weighted by Crippen LogP contribution is -2.25. The molecule has 0 saturated carbocycles. The van der Waals surface area contributed by atoms with Gasteiger partial charge in [-0.05, 0) is 32.1 Å². The first-order chi connectivity index (χ1) is 6.93. The van der Waals surface area contributed by atoms with E-state index in [4.69, 9.17) is 0 Å². The van der Waals surface area contributed by atoms with E-state index in [9.17, 15) is 0 Å². The molecule has 1 atom stereocenters. The molecule has 2 heteroatoms. The van der Waals surface area contributed by atoms with Gasteiger partial charge in [0, 0.05) is 22.1 Å². The van der Waals surface area contributed by atoms with Crippen molar-refractivity contribution in [3.05, 3.63) is 11.1 Å². The van der Waals surface area contributed by atoms with Gasteiger partial charge in [-0.1, -0.05) is 27.2 Å². The Morgan fingerprint density at radius 1 is 1.40 bits per heavy atom. The summed E-state index contributed by atoms with van der Waals surface area (Å²) in [6.07, 6.45) is 7.81. The van der Waals surface area contributed by atoms with Crippen molar-refractivity contribution in [3.8, 4) is 0 Å². The molecule has 0 fully saturated rings. The summed E-state index contributed by atoms with van der Waals surface area (Å²) in [5.74, 6) is 0. The van der Waals surface area contributed by atoms with Crippen molar-refractivity contribution in [1.29, 1.82) is 0 Å². The summed E-state index contributed by atoms with van der Waals surface area (Å²) in [6.45, 7) is 11.4. The average Bonchev–Trinajstić information content (AvgIpc) is 2.16. The molecule has 1 aliphatic heterocycles. The summed E-state index contributed by atoms with van der Waals surface area (Å²) in [7, 11) is 0. The Kier molecular flexibility index (Phi) is 4.05. The molecule has 15 heavy (non-hydrogen) atoms. The molecule has 0 aromatic heterocycles. The Hall–Kier alpha value is -0.240. The number of thioether (sulfide) groups is 1. The van der Waals surface area contributed by atoms with Crippen LogP contribution in [0.15, 0.2) is 16.1 Å². The van der Waals surface area contributed by atoms with Crippen LogP contribution in [0.25, 0.3) is 0 Å². The van der Waals surface area contributed by atoms with Crippen LogP contribution < -0.4 is 0 Å². The maximum absolute atomic E-state index is 4.40. The van der Waals surface area contributed by atoms with Crippen molar-refractivity contribution >= 4 is 18.0 Å². The summed E-state index contributed by atoms with van der Waals surface area (Å²) in [6, 6.07) is 0. The molecule has 0 aromatic rings. The third-order valence-electron chi connectivity index (χ3n) is 3.13. The Bertz CT molecular complexity index is 278. The van der Waals surface area contributed by atoms with Crippen LogP contribution in [-0.4, -0.2) is 11.0 Å². The predicted molar refractivity (Wildman–Crippen MR) is 71.6 cm³/mol. The highest BCUT2D eigenvalue weighted by Crippen LogP contribution is 2.47. The summed E-state index contributed by atoms with van der Waals surface area (Å²) in [5, 5.41) is 0. The molecule has 1 rings (SSSR count). The number of allylic oxidation sites excluding steroid dienone is 1. The van der Waals surface area contributed by atoms with E-state index in [1.807, 2.05) is 18.0 Å². The molecule has 0 amide bonds. The molecule has 0 radical (unpaired) electrons. The van der Waals surface area contributed by atoms with Gasteiger partial charge in [-0.2, -0.15) is 0 Å². The molecule has 0 aromatic carbocycles. The van der Waals surface area contributed by atoms with Crippen molar-refractivity contribution in [2.45, 2.75) is 58.6 Å². The monoisotopic (exact) mass is 225 g/mol. The fourth-order valence-corrected chi connectivity index (χ4v) is 3.21. The third kappa shape index (κ3) is 3.10. The average molecular weight is 225 g/mol. The van der Waals surface area contributed by atoms with E-state index in [1.54, 1.807) is 0 Å². The van der Waals surface area contributed by atoms with E-state index in [2.05, 4.69) is 45.8 Å². The lowest BCUT2D eigenvalue weighted by molar-refractivity contribution is 0.364. The largest absolute Gasteiger partial charge is 0.267 e. The number of aliphatic imine (C=N–C) groups is 1. The highest BCUT2D eigenvalue weighted by Gasteiger charge is 2.32. The normalized spacial score (nSPS) is 23.4. The molecular weight excluding hydrogens is 202 g/mol. The van der Waals surface area contributed by atoms with Gasteiger partial charge < -0.3 is 0 Å².